The SMILES string of the molecule is Cc1ccc(CN2C(=O)CCC2C(=O)NCC2(CO)CC2)cc1. The third-order valence-electron chi connectivity index (χ3n) is 5.03. The van der Waals surface area contributed by atoms with Crippen LogP contribution in [0.1, 0.15) is 36.8 Å². The van der Waals surface area contributed by atoms with Crippen LogP contribution in [0.5, 0.6) is 0 Å². The Bertz CT molecular complexity index is 593. The highest BCUT2D eigenvalue weighted by Crippen LogP contribution is 2.44. The molecule has 2 aliphatic rings. The number of hydrogen-bond donors (Lipinski definition) is 2. The number of aryl methyl sites for hydroxylation is 1. The molecule has 5 heteroatoms. The highest BCUT2D eigenvalue weighted by molar-refractivity contribution is 5.90. The van der Waals surface area contributed by atoms with Gasteiger partial charge in [0.05, 0.1) is 6.61 Å². The summed E-state index contributed by atoms with van der Waals surface area (Å²) in [6.45, 7) is 3.12. The van der Waals surface area contributed by atoms with E-state index in [1.807, 2.05) is 31.2 Å². The molecular weight excluding hydrogens is 292 g/mol. The van der Waals surface area contributed by atoms with Crippen LogP contribution in [0.15, 0.2) is 24.3 Å². The lowest BCUT2D eigenvalue weighted by atomic mass is 10.1. The van der Waals surface area contributed by atoms with Crippen LogP contribution in [0.3, 0.4) is 0 Å². The molecule has 1 saturated heterocycles. The van der Waals surface area contributed by atoms with Gasteiger partial charge in [-0.05, 0) is 31.7 Å². The minimum absolute atomic E-state index is 0.0361. The number of benzene rings is 1. The van der Waals surface area contributed by atoms with Crippen LogP contribution in [0.25, 0.3) is 0 Å². The second-order valence-corrected chi connectivity index (χ2v) is 6.94. The molecule has 1 heterocycles. The number of carbonyl (C=O) groups is 2. The monoisotopic (exact) mass is 316 g/mol. The van der Waals surface area contributed by atoms with E-state index in [4.69, 9.17) is 0 Å². The molecule has 1 aromatic carbocycles. The Morgan fingerprint density at radius 3 is 2.65 bits per heavy atom. The van der Waals surface area contributed by atoms with E-state index in [2.05, 4.69) is 5.32 Å². The van der Waals surface area contributed by atoms with Crippen LogP contribution in [0.2, 0.25) is 0 Å². The van der Waals surface area contributed by atoms with Crippen LogP contribution in [-0.4, -0.2) is 41.0 Å². The normalized spacial score (nSPS) is 22.3. The van der Waals surface area contributed by atoms with Gasteiger partial charge >= 0.3 is 0 Å². The molecule has 23 heavy (non-hydrogen) atoms. The summed E-state index contributed by atoms with van der Waals surface area (Å²) in [4.78, 5) is 26.3. The number of aliphatic hydroxyl groups excluding tert-OH is 1. The van der Waals surface area contributed by atoms with Gasteiger partial charge < -0.3 is 15.3 Å². The molecule has 0 aromatic heterocycles. The summed E-state index contributed by atoms with van der Waals surface area (Å²) >= 11 is 0. The van der Waals surface area contributed by atoms with Crippen molar-refractivity contribution in [3.8, 4) is 0 Å². The number of rotatable bonds is 6. The summed E-state index contributed by atoms with van der Waals surface area (Å²) in [5, 5.41) is 12.3. The number of nitrogens with zero attached hydrogens (tertiary/aromatic N) is 1. The summed E-state index contributed by atoms with van der Waals surface area (Å²) < 4.78 is 0. The summed E-state index contributed by atoms with van der Waals surface area (Å²) in [6, 6.07) is 7.65. The van der Waals surface area contributed by atoms with E-state index in [0.29, 0.717) is 25.9 Å². The van der Waals surface area contributed by atoms with Crippen LogP contribution in [-0.2, 0) is 16.1 Å². The third kappa shape index (κ3) is 3.55. The van der Waals surface area contributed by atoms with Crippen molar-refractivity contribution in [1.29, 1.82) is 0 Å². The van der Waals surface area contributed by atoms with E-state index in [-0.39, 0.29) is 23.8 Å². The highest BCUT2D eigenvalue weighted by atomic mass is 16.3. The van der Waals surface area contributed by atoms with Crippen LogP contribution in [0.4, 0.5) is 0 Å². The summed E-state index contributed by atoms with van der Waals surface area (Å²) in [5.74, 6) is -0.0586. The fraction of sp³-hybridized carbons (Fsp3) is 0.556. The van der Waals surface area contributed by atoms with E-state index < -0.39 is 6.04 Å². The molecule has 0 bridgehead atoms. The van der Waals surface area contributed by atoms with Crippen molar-refractivity contribution in [3.05, 3.63) is 35.4 Å². The maximum Gasteiger partial charge on any atom is 0.242 e. The number of aliphatic hydroxyl groups is 1. The summed E-state index contributed by atoms with van der Waals surface area (Å²) in [5.41, 5.74) is 2.10. The van der Waals surface area contributed by atoms with Gasteiger partial charge in [-0.2, -0.15) is 0 Å². The molecule has 1 aromatic rings. The van der Waals surface area contributed by atoms with Gasteiger partial charge in [0.15, 0.2) is 0 Å². The van der Waals surface area contributed by atoms with Crippen molar-refractivity contribution >= 4 is 11.8 Å². The predicted molar refractivity (Wildman–Crippen MR) is 86.5 cm³/mol. The minimum atomic E-state index is -0.390. The smallest absolute Gasteiger partial charge is 0.242 e. The number of nitrogens with one attached hydrogen (secondary N) is 1. The molecule has 3 rings (SSSR count). The van der Waals surface area contributed by atoms with Gasteiger partial charge in [-0.25, -0.2) is 0 Å². The van der Waals surface area contributed by atoms with E-state index in [1.165, 1.54) is 5.56 Å². The topological polar surface area (TPSA) is 69.6 Å². The Balaban J connectivity index is 1.62. The maximum absolute atomic E-state index is 12.4. The van der Waals surface area contributed by atoms with Crippen LogP contribution >= 0.6 is 0 Å². The van der Waals surface area contributed by atoms with Gasteiger partial charge in [-0.1, -0.05) is 29.8 Å². The van der Waals surface area contributed by atoms with Crippen LogP contribution < -0.4 is 5.32 Å². The zero-order valence-corrected chi connectivity index (χ0v) is 13.5. The van der Waals surface area contributed by atoms with Gasteiger partial charge in [-0.15, -0.1) is 0 Å². The molecule has 2 amide bonds. The average molecular weight is 316 g/mol. The zero-order chi connectivity index (χ0) is 16.4. The lowest BCUT2D eigenvalue weighted by molar-refractivity contribution is -0.136. The number of likely N-dealkylation sites (tertiary alicyclic amines) is 1. The van der Waals surface area contributed by atoms with Crippen molar-refractivity contribution in [1.82, 2.24) is 10.2 Å². The Morgan fingerprint density at radius 2 is 2.04 bits per heavy atom. The molecule has 1 unspecified atom stereocenters. The molecule has 2 N–H and O–H groups in total. The molecule has 1 saturated carbocycles. The summed E-state index contributed by atoms with van der Waals surface area (Å²) in [6.07, 6.45) is 2.92. The first-order chi connectivity index (χ1) is 11.0. The fourth-order valence-electron chi connectivity index (χ4n) is 3.05. The average Bonchev–Trinajstić information content (AvgIpc) is 3.26. The van der Waals surface area contributed by atoms with Crippen LogP contribution in [0, 0.1) is 12.3 Å². The minimum Gasteiger partial charge on any atom is -0.396 e. The van der Waals surface area contributed by atoms with E-state index in [0.717, 1.165) is 18.4 Å². The largest absolute Gasteiger partial charge is 0.396 e. The molecular formula is C18H24N2O3. The van der Waals surface area contributed by atoms with Gasteiger partial charge in [-0.3, -0.25) is 9.59 Å². The quantitative estimate of drug-likeness (QED) is 0.833. The number of carbonyl (C=O) groups excluding carboxylic acids is 2. The standard InChI is InChI=1S/C18H24N2O3/c1-13-2-4-14(5-3-13)10-20-15(6-7-16(20)22)17(23)19-11-18(12-21)8-9-18/h2-5,15,21H,6-12H2,1H3,(H,19,23). The second-order valence-electron chi connectivity index (χ2n) is 6.94. The fourth-order valence-corrected chi connectivity index (χ4v) is 3.05. The maximum atomic E-state index is 12.4. The first-order valence-electron chi connectivity index (χ1n) is 8.27. The molecule has 0 radical (unpaired) electrons. The van der Waals surface area contributed by atoms with Gasteiger partial charge in [0.25, 0.3) is 0 Å². The third-order valence-corrected chi connectivity index (χ3v) is 5.03. The molecule has 1 aliphatic carbocycles. The molecule has 1 aliphatic heterocycles. The van der Waals surface area contributed by atoms with Crippen molar-refractivity contribution < 1.29 is 14.7 Å². The first-order valence-corrected chi connectivity index (χ1v) is 8.27. The lowest BCUT2D eigenvalue weighted by Crippen LogP contribution is -2.46. The van der Waals surface area contributed by atoms with Crippen molar-refractivity contribution in [3.63, 3.8) is 0 Å². The van der Waals surface area contributed by atoms with Gasteiger partial charge in [0, 0.05) is 24.9 Å². The van der Waals surface area contributed by atoms with E-state index in [9.17, 15) is 14.7 Å². The van der Waals surface area contributed by atoms with Gasteiger partial charge in [0.1, 0.15) is 6.04 Å². The Kier molecular flexibility index (Phi) is 4.39. The molecule has 1 atom stereocenters. The van der Waals surface area contributed by atoms with E-state index >= 15 is 0 Å². The van der Waals surface area contributed by atoms with Crippen molar-refractivity contribution in [2.24, 2.45) is 5.41 Å². The van der Waals surface area contributed by atoms with Crippen molar-refractivity contribution in [2.45, 2.75) is 45.2 Å². The zero-order valence-electron chi connectivity index (χ0n) is 13.5. The lowest BCUT2D eigenvalue weighted by Gasteiger charge is -2.25. The highest BCUT2D eigenvalue weighted by Gasteiger charge is 2.43. The van der Waals surface area contributed by atoms with E-state index in [1.54, 1.807) is 4.90 Å². The Labute approximate surface area is 136 Å². The predicted octanol–water partition coefficient (Wildman–Crippen LogP) is 1.37. The molecule has 0 spiro atoms. The molecule has 2 fully saturated rings. The van der Waals surface area contributed by atoms with Gasteiger partial charge in [0.2, 0.25) is 11.8 Å². The Hall–Kier alpha value is -1.88. The Morgan fingerprint density at radius 1 is 1.35 bits per heavy atom. The first kappa shape index (κ1) is 16.0. The number of amides is 2. The second kappa shape index (κ2) is 6.32. The molecule has 5 nitrogen and oxygen atoms in total. The number of hydrogen-bond acceptors (Lipinski definition) is 3. The summed E-state index contributed by atoms with van der Waals surface area (Å²) in [7, 11) is 0. The molecule has 124 valence electrons. The van der Waals surface area contributed by atoms with Crippen molar-refractivity contribution in [2.75, 3.05) is 13.2 Å².